The van der Waals surface area contributed by atoms with Crippen LogP contribution in [0.5, 0.6) is 0 Å². The van der Waals surface area contributed by atoms with Crippen LogP contribution in [-0.4, -0.2) is 29.7 Å². The van der Waals surface area contributed by atoms with Crippen LogP contribution < -0.4 is 0 Å². The molecule has 2 aliphatic rings. The molecule has 2 aliphatic heterocycles. The number of carbonyl (C=O) groups is 1. The molecule has 0 bridgehead atoms. The normalized spacial score (nSPS) is 19.3. The molecule has 15 heavy (non-hydrogen) atoms. The first-order valence-corrected chi connectivity index (χ1v) is 5.29. The highest BCUT2D eigenvalue weighted by molar-refractivity contribution is 6.12. The second-order valence-electron chi connectivity index (χ2n) is 3.94. The van der Waals surface area contributed by atoms with Crippen molar-refractivity contribution in [2.24, 2.45) is 4.99 Å². The Labute approximate surface area is 88.4 Å². The molecule has 0 aliphatic carbocycles. The minimum absolute atomic E-state index is 0.187. The van der Waals surface area contributed by atoms with Crippen molar-refractivity contribution in [2.75, 3.05) is 13.1 Å². The molecule has 0 N–H and O–H groups in total. The minimum Gasteiger partial charge on any atom is -0.296 e. The van der Waals surface area contributed by atoms with Gasteiger partial charge in [-0.2, -0.15) is 0 Å². The molecule has 0 aromatic heterocycles. The number of fused-ring (bicyclic) bond motifs is 3. The van der Waals surface area contributed by atoms with E-state index in [1.807, 2.05) is 23.1 Å². The Kier molecular flexibility index (Phi) is 1.84. The molecule has 3 nitrogen and oxygen atoms in total. The van der Waals surface area contributed by atoms with Crippen LogP contribution in [0, 0.1) is 0 Å². The molecule has 0 spiro atoms. The number of aliphatic imine (C=N–C) groups is 1. The van der Waals surface area contributed by atoms with Crippen LogP contribution in [0.1, 0.15) is 17.5 Å². The highest BCUT2D eigenvalue weighted by Gasteiger charge is 2.29. The van der Waals surface area contributed by atoms with Crippen molar-refractivity contribution in [3.63, 3.8) is 0 Å². The fraction of sp³-hybridized carbons (Fsp3) is 0.333. The maximum Gasteiger partial charge on any atom is 0.232 e. The number of hydrogen-bond donors (Lipinski definition) is 0. The highest BCUT2D eigenvalue weighted by atomic mass is 16.2. The van der Waals surface area contributed by atoms with Crippen molar-refractivity contribution in [2.45, 2.75) is 12.8 Å². The van der Waals surface area contributed by atoms with Gasteiger partial charge >= 0.3 is 0 Å². The zero-order valence-corrected chi connectivity index (χ0v) is 8.44. The molecule has 1 amide bonds. The molecule has 2 heterocycles. The standard InChI is InChI=1S/C12H12N2O/c15-11-8-9-4-1-2-5-10(9)12-13-6-3-7-14(11)12/h1-2,4-5H,3,6-8H2. The van der Waals surface area contributed by atoms with Crippen LogP contribution in [-0.2, 0) is 11.2 Å². The molecule has 0 saturated carbocycles. The Balaban J connectivity index is 2.17. The van der Waals surface area contributed by atoms with Crippen LogP contribution in [0.2, 0.25) is 0 Å². The van der Waals surface area contributed by atoms with E-state index in [2.05, 4.69) is 11.1 Å². The van der Waals surface area contributed by atoms with Gasteiger partial charge in [0.1, 0.15) is 5.84 Å². The summed E-state index contributed by atoms with van der Waals surface area (Å²) < 4.78 is 0. The smallest absolute Gasteiger partial charge is 0.232 e. The first-order chi connectivity index (χ1) is 7.36. The predicted octanol–water partition coefficient (Wildman–Crippen LogP) is 1.22. The molecule has 0 fully saturated rings. The number of rotatable bonds is 0. The third kappa shape index (κ3) is 1.27. The van der Waals surface area contributed by atoms with Gasteiger partial charge in [0.05, 0.1) is 6.42 Å². The van der Waals surface area contributed by atoms with E-state index in [4.69, 9.17) is 0 Å². The maximum absolute atomic E-state index is 11.8. The van der Waals surface area contributed by atoms with E-state index >= 15 is 0 Å². The molecule has 0 atom stereocenters. The van der Waals surface area contributed by atoms with Gasteiger partial charge in [0, 0.05) is 18.7 Å². The Morgan fingerprint density at radius 3 is 3.07 bits per heavy atom. The average molecular weight is 200 g/mol. The number of benzene rings is 1. The van der Waals surface area contributed by atoms with Crippen molar-refractivity contribution in [3.05, 3.63) is 35.4 Å². The molecule has 0 radical (unpaired) electrons. The van der Waals surface area contributed by atoms with Crippen LogP contribution in [0.25, 0.3) is 0 Å². The molecule has 76 valence electrons. The second kappa shape index (κ2) is 3.19. The van der Waals surface area contributed by atoms with Gasteiger partial charge in [-0.15, -0.1) is 0 Å². The quantitative estimate of drug-likeness (QED) is 0.619. The van der Waals surface area contributed by atoms with Crippen molar-refractivity contribution in [1.82, 2.24) is 4.90 Å². The van der Waals surface area contributed by atoms with Crippen molar-refractivity contribution in [1.29, 1.82) is 0 Å². The first-order valence-electron chi connectivity index (χ1n) is 5.29. The zero-order chi connectivity index (χ0) is 10.3. The number of amidine groups is 1. The third-order valence-electron chi connectivity index (χ3n) is 2.96. The summed E-state index contributed by atoms with van der Waals surface area (Å²) in [5, 5.41) is 0. The SMILES string of the molecule is O=C1Cc2ccccc2C2=NCCCN12. The summed E-state index contributed by atoms with van der Waals surface area (Å²) in [4.78, 5) is 18.1. The first kappa shape index (κ1) is 8.65. The average Bonchev–Trinajstić information content (AvgIpc) is 2.30. The second-order valence-corrected chi connectivity index (χ2v) is 3.94. The lowest BCUT2D eigenvalue weighted by atomic mass is 9.97. The summed E-state index contributed by atoms with van der Waals surface area (Å²) in [6.07, 6.45) is 1.51. The van der Waals surface area contributed by atoms with Gasteiger partial charge in [0.15, 0.2) is 0 Å². The molecule has 3 heteroatoms. The number of nitrogens with zero attached hydrogens (tertiary/aromatic N) is 2. The maximum atomic E-state index is 11.8. The Morgan fingerprint density at radius 2 is 2.13 bits per heavy atom. The van der Waals surface area contributed by atoms with Gasteiger partial charge in [0.2, 0.25) is 5.91 Å². The molecule has 0 saturated heterocycles. The van der Waals surface area contributed by atoms with E-state index in [9.17, 15) is 4.79 Å². The Bertz CT molecular complexity index is 451. The lowest BCUT2D eigenvalue weighted by Gasteiger charge is -2.32. The van der Waals surface area contributed by atoms with Crippen molar-refractivity contribution < 1.29 is 4.79 Å². The predicted molar refractivity (Wildman–Crippen MR) is 57.9 cm³/mol. The molecular formula is C12H12N2O. The van der Waals surface area contributed by atoms with Crippen LogP contribution >= 0.6 is 0 Å². The summed E-state index contributed by atoms with van der Waals surface area (Å²) in [6, 6.07) is 8.05. The third-order valence-corrected chi connectivity index (χ3v) is 2.96. The van der Waals surface area contributed by atoms with Gasteiger partial charge in [0.25, 0.3) is 0 Å². The van der Waals surface area contributed by atoms with Gasteiger partial charge in [-0.05, 0) is 12.0 Å². The van der Waals surface area contributed by atoms with E-state index in [1.54, 1.807) is 0 Å². The molecule has 0 unspecified atom stereocenters. The zero-order valence-electron chi connectivity index (χ0n) is 8.44. The lowest BCUT2D eigenvalue weighted by molar-refractivity contribution is -0.127. The molecular weight excluding hydrogens is 188 g/mol. The van der Waals surface area contributed by atoms with Gasteiger partial charge in [-0.25, -0.2) is 0 Å². The monoisotopic (exact) mass is 200 g/mol. The molecule has 1 aromatic rings. The summed E-state index contributed by atoms with van der Waals surface area (Å²) in [5.74, 6) is 1.07. The van der Waals surface area contributed by atoms with E-state index in [-0.39, 0.29) is 5.91 Å². The summed E-state index contributed by atoms with van der Waals surface area (Å²) in [7, 11) is 0. The van der Waals surface area contributed by atoms with E-state index < -0.39 is 0 Å². The molecule has 1 aromatic carbocycles. The Hall–Kier alpha value is -1.64. The van der Waals surface area contributed by atoms with Crippen LogP contribution in [0.4, 0.5) is 0 Å². The van der Waals surface area contributed by atoms with Crippen molar-refractivity contribution >= 4 is 11.7 Å². The summed E-state index contributed by atoms with van der Waals surface area (Å²) in [5.41, 5.74) is 2.25. The minimum atomic E-state index is 0.187. The number of hydrogen-bond acceptors (Lipinski definition) is 2. The number of amides is 1. The molecule has 3 rings (SSSR count). The highest BCUT2D eigenvalue weighted by Crippen LogP contribution is 2.22. The van der Waals surface area contributed by atoms with E-state index in [1.165, 1.54) is 0 Å². The van der Waals surface area contributed by atoms with Crippen LogP contribution in [0.3, 0.4) is 0 Å². The van der Waals surface area contributed by atoms with Gasteiger partial charge in [-0.1, -0.05) is 24.3 Å². The van der Waals surface area contributed by atoms with Gasteiger partial charge in [-0.3, -0.25) is 14.7 Å². The summed E-state index contributed by atoms with van der Waals surface area (Å²) in [6.45, 7) is 1.67. The van der Waals surface area contributed by atoms with E-state index in [0.29, 0.717) is 6.42 Å². The number of carbonyl (C=O) groups excluding carboxylic acids is 1. The fourth-order valence-corrected chi connectivity index (χ4v) is 2.23. The van der Waals surface area contributed by atoms with Crippen molar-refractivity contribution in [3.8, 4) is 0 Å². The van der Waals surface area contributed by atoms with E-state index in [0.717, 1.165) is 36.5 Å². The Morgan fingerprint density at radius 1 is 1.27 bits per heavy atom. The fourth-order valence-electron chi connectivity index (χ4n) is 2.23. The summed E-state index contributed by atoms with van der Waals surface area (Å²) >= 11 is 0. The lowest BCUT2D eigenvalue weighted by Crippen LogP contribution is -2.45. The largest absolute Gasteiger partial charge is 0.296 e. The van der Waals surface area contributed by atoms with Gasteiger partial charge < -0.3 is 0 Å². The topological polar surface area (TPSA) is 32.7 Å². The van der Waals surface area contributed by atoms with Crippen LogP contribution in [0.15, 0.2) is 29.3 Å².